The van der Waals surface area contributed by atoms with E-state index in [0.717, 1.165) is 24.2 Å². The van der Waals surface area contributed by atoms with Gasteiger partial charge in [0, 0.05) is 12.6 Å². The topological polar surface area (TPSA) is 80.3 Å². The summed E-state index contributed by atoms with van der Waals surface area (Å²) < 4.78 is 15.3. The van der Waals surface area contributed by atoms with Crippen LogP contribution in [0, 0.1) is 0 Å². The number of nitrogens with zero attached hydrogens (tertiary/aromatic N) is 4. The summed E-state index contributed by atoms with van der Waals surface area (Å²) in [4.78, 5) is 31.3. The monoisotopic (exact) mass is 418 g/mol. The van der Waals surface area contributed by atoms with Crippen molar-refractivity contribution in [2.75, 3.05) is 14.2 Å². The van der Waals surface area contributed by atoms with E-state index in [4.69, 9.17) is 9.47 Å². The van der Waals surface area contributed by atoms with Crippen molar-refractivity contribution in [3.63, 3.8) is 0 Å². The molecule has 2 heterocycles. The van der Waals surface area contributed by atoms with Crippen LogP contribution in [0.5, 0.6) is 11.5 Å². The zero-order valence-electron chi connectivity index (χ0n) is 17.3. The Kier molecular flexibility index (Phi) is 4.62. The molecule has 0 aliphatic heterocycles. The lowest BCUT2D eigenvalue weighted by Gasteiger charge is -2.14. The van der Waals surface area contributed by atoms with E-state index in [0.29, 0.717) is 29.1 Å². The molecule has 8 nitrogen and oxygen atoms in total. The molecule has 1 fully saturated rings. The summed E-state index contributed by atoms with van der Waals surface area (Å²) in [6, 6.07) is 14.8. The predicted octanol–water partition coefficient (Wildman–Crippen LogP) is 2.75. The Morgan fingerprint density at radius 2 is 1.74 bits per heavy atom. The molecule has 5 rings (SSSR count). The smallest absolute Gasteiger partial charge is 0.337 e. The van der Waals surface area contributed by atoms with Crippen molar-refractivity contribution in [1.82, 2.24) is 18.7 Å². The number of hydrogen-bond donors (Lipinski definition) is 0. The van der Waals surface area contributed by atoms with Gasteiger partial charge in [-0.1, -0.05) is 24.3 Å². The van der Waals surface area contributed by atoms with Crippen molar-refractivity contribution in [3.8, 4) is 17.2 Å². The Morgan fingerprint density at radius 1 is 1.00 bits per heavy atom. The first kappa shape index (κ1) is 19.2. The molecule has 0 unspecified atom stereocenters. The molecule has 1 saturated carbocycles. The Bertz CT molecular complexity index is 1380. The first-order valence-corrected chi connectivity index (χ1v) is 10.1. The summed E-state index contributed by atoms with van der Waals surface area (Å²) in [7, 11) is 3.18. The van der Waals surface area contributed by atoms with Crippen LogP contribution in [0.3, 0.4) is 0 Å². The molecule has 8 heteroatoms. The van der Waals surface area contributed by atoms with Crippen molar-refractivity contribution in [2.24, 2.45) is 0 Å². The molecule has 0 spiro atoms. The SMILES string of the molecule is COc1ccc(Cn2cnc3c2c(=O)n(C2CC2)c(=O)n3-c2ccccc2OC)cc1. The average Bonchev–Trinajstić information content (AvgIpc) is 3.54. The van der Waals surface area contributed by atoms with Crippen LogP contribution in [0.4, 0.5) is 0 Å². The van der Waals surface area contributed by atoms with Gasteiger partial charge in [-0.05, 0) is 42.7 Å². The molecule has 4 aromatic rings. The number of imidazole rings is 1. The molecular formula is C23H22N4O4. The van der Waals surface area contributed by atoms with Gasteiger partial charge in [0.15, 0.2) is 11.2 Å². The Balaban J connectivity index is 1.74. The third-order valence-corrected chi connectivity index (χ3v) is 5.60. The molecule has 0 radical (unpaired) electrons. The second-order valence-corrected chi connectivity index (χ2v) is 7.59. The molecule has 0 bridgehead atoms. The lowest BCUT2D eigenvalue weighted by Crippen LogP contribution is -2.39. The number of rotatable bonds is 6. The van der Waals surface area contributed by atoms with Crippen LogP contribution >= 0.6 is 0 Å². The van der Waals surface area contributed by atoms with Gasteiger partial charge in [0.2, 0.25) is 0 Å². The van der Waals surface area contributed by atoms with Crippen molar-refractivity contribution in [2.45, 2.75) is 25.4 Å². The Hall–Kier alpha value is -3.81. The van der Waals surface area contributed by atoms with E-state index < -0.39 is 0 Å². The summed E-state index contributed by atoms with van der Waals surface area (Å²) in [6.07, 6.45) is 3.25. The van der Waals surface area contributed by atoms with Gasteiger partial charge in [0.1, 0.15) is 11.5 Å². The fourth-order valence-electron chi connectivity index (χ4n) is 3.89. The number of fused-ring (bicyclic) bond motifs is 1. The lowest BCUT2D eigenvalue weighted by atomic mass is 10.2. The molecular weight excluding hydrogens is 396 g/mol. The molecule has 0 N–H and O–H groups in total. The van der Waals surface area contributed by atoms with E-state index >= 15 is 0 Å². The molecule has 31 heavy (non-hydrogen) atoms. The quantitative estimate of drug-likeness (QED) is 0.481. The van der Waals surface area contributed by atoms with Crippen molar-refractivity contribution < 1.29 is 9.47 Å². The normalized spacial score (nSPS) is 13.5. The van der Waals surface area contributed by atoms with Gasteiger partial charge in [-0.2, -0.15) is 0 Å². The van der Waals surface area contributed by atoms with Crippen LogP contribution < -0.4 is 20.7 Å². The highest BCUT2D eigenvalue weighted by Gasteiger charge is 2.31. The van der Waals surface area contributed by atoms with Crippen LogP contribution in [0.1, 0.15) is 24.4 Å². The number of benzene rings is 2. The minimum Gasteiger partial charge on any atom is -0.497 e. The number of aromatic nitrogens is 4. The van der Waals surface area contributed by atoms with Gasteiger partial charge in [0.05, 0.1) is 26.2 Å². The van der Waals surface area contributed by atoms with Crippen LogP contribution in [0.2, 0.25) is 0 Å². The fourth-order valence-corrected chi connectivity index (χ4v) is 3.89. The summed E-state index contributed by atoms with van der Waals surface area (Å²) in [5, 5.41) is 0. The number of methoxy groups -OCH3 is 2. The van der Waals surface area contributed by atoms with Gasteiger partial charge in [-0.15, -0.1) is 0 Å². The second-order valence-electron chi connectivity index (χ2n) is 7.59. The third kappa shape index (κ3) is 3.20. The van der Waals surface area contributed by atoms with Crippen molar-refractivity contribution in [3.05, 3.63) is 81.3 Å². The van der Waals surface area contributed by atoms with E-state index in [9.17, 15) is 9.59 Å². The maximum Gasteiger partial charge on any atom is 0.337 e. The third-order valence-electron chi connectivity index (χ3n) is 5.60. The highest BCUT2D eigenvalue weighted by molar-refractivity contribution is 5.73. The van der Waals surface area contributed by atoms with Crippen molar-refractivity contribution >= 4 is 11.2 Å². The predicted molar refractivity (Wildman–Crippen MR) is 117 cm³/mol. The van der Waals surface area contributed by atoms with Crippen LogP contribution in [0.15, 0.2) is 64.4 Å². The molecule has 1 aliphatic rings. The average molecular weight is 418 g/mol. The van der Waals surface area contributed by atoms with E-state index in [-0.39, 0.29) is 17.3 Å². The van der Waals surface area contributed by atoms with E-state index in [1.807, 2.05) is 36.4 Å². The van der Waals surface area contributed by atoms with Gasteiger partial charge >= 0.3 is 5.69 Å². The summed E-state index contributed by atoms with van der Waals surface area (Å²) in [5.74, 6) is 1.30. The molecule has 158 valence electrons. The first-order chi connectivity index (χ1) is 15.1. The summed E-state index contributed by atoms with van der Waals surface area (Å²) in [5.41, 5.74) is 1.58. The van der Waals surface area contributed by atoms with Crippen LogP contribution in [-0.2, 0) is 6.54 Å². The zero-order chi connectivity index (χ0) is 21.5. The fraction of sp³-hybridized carbons (Fsp3) is 0.261. The Morgan fingerprint density at radius 3 is 2.42 bits per heavy atom. The minimum absolute atomic E-state index is 0.0744. The highest BCUT2D eigenvalue weighted by Crippen LogP contribution is 2.33. The van der Waals surface area contributed by atoms with Gasteiger partial charge in [-0.3, -0.25) is 9.36 Å². The minimum atomic E-state index is -0.390. The van der Waals surface area contributed by atoms with Crippen molar-refractivity contribution in [1.29, 1.82) is 0 Å². The van der Waals surface area contributed by atoms with E-state index in [1.54, 1.807) is 37.2 Å². The highest BCUT2D eigenvalue weighted by atomic mass is 16.5. The maximum atomic E-state index is 13.4. The van der Waals surface area contributed by atoms with Gasteiger partial charge in [0.25, 0.3) is 5.56 Å². The van der Waals surface area contributed by atoms with Crippen LogP contribution in [-0.4, -0.2) is 32.9 Å². The summed E-state index contributed by atoms with van der Waals surface area (Å²) in [6.45, 7) is 0.449. The zero-order valence-corrected chi connectivity index (χ0v) is 17.3. The molecule has 0 saturated heterocycles. The Labute approximate surface area is 177 Å². The van der Waals surface area contributed by atoms with Gasteiger partial charge in [-0.25, -0.2) is 14.3 Å². The molecule has 2 aromatic heterocycles. The molecule has 0 atom stereocenters. The first-order valence-electron chi connectivity index (χ1n) is 10.1. The van der Waals surface area contributed by atoms with E-state index in [2.05, 4.69) is 4.98 Å². The largest absolute Gasteiger partial charge is 0.497 e. The number of para-hydroxylation sites is 2. The lowest BCUT2D eigenvalue weighted by molar-refractivity contribution is 0.412. The maximum absolute atomic E-state index is 13.4. The standard InChI is InChI=1S/C23H22N4O4/c1-30-17-11-7-15(8-12-17)13-25-14-24-21-20(25)22(28)26(16-9-10-16)23(29)27(21)18-5-3-4-6-19(18)31-2/h3-8,11-12,14,16H,9-10,13H2,1-2H3. The van der Waals surface area contributed by atoms with E-state index in [1.165, 1.54) is 9.13 Å². The molecule has 2 aromatic carbocycles. The van der Waals surface area contributed by atoms with Gasteiger partial charge < -0.3 is 14.0 Å². The van der Waals surface area contributed by atoms with Crippen LogP contribution in [0.25, 0.3) is 16.9 Å². The summed E-state index contributed by atoms with van der Waals surface area (Å²) >= 11 is 0. The molecule has 1 aliphatic carbocycles. The number of ether oxygens (including phenoxy) is 2. The second kappa shape index (κ2) is 7.46. The molecule has 0 amide bonds. The number of hydrogen-bond acceptors (Lipinski definition) is 5.